The Labute approximate surface area is 372 Å². The molecule has 2 aromatic rings. The molecule has 14 atom stereocenters. The summed E-state index contributed by atoms with van der Waals surface area (Å²) in [6.45, 7) is 3.49. The van der Waals surface area contributed by atoms with Crippen molar-refractivity contribution in [2.24, 2.45) is 0 Å². The van der Waals surface area contributed by atoms with E-state index in [9.17, 15) is 66.8 Å². The number of alkyl halides is 2. The van der Waals surface area contributed by atoms with Gasteiger partial charge in [0.15, 0.2) is 22.2 Å². The van der Waals surface area contributed by atoms with Crippen LogP contribution < -0.4 is 22.8 Å². The molecule has 33 nitrogen and oxygen atoms in total. The minimum atomic E-state index is -5.78. The van der Waals surface area contributed by atoms with E-state index in [0.29, 0.717) is 4.68 Å². The number of aromatic nitrogens is 5. The number of aliphatic hydroxyl groups is 2. The molecule has 6 unspecified atom stereocenters. The van der Waals surface area contributed by atoms with Gasteiger partial charge in [-0.2, -0.15) is 37.0 Å². The van der Waals surface area contributed by atoms with Gasteiger partial charge in [-0.25, -0.2) is 37.0 Å². The highest BCUT2D eigenvalue weighted by Gasteiger charge is 2.60. The fourth-order valence-electron chi connectivity index (χ4n) is 5.52. The zero-order valence-corrected chi connectivity index (χ0v) is 39.1. The number of nitrogens with zero attached hydrogens (tertiary/aromatic N) is 5. The molecule has 2 aromatic heterocycles. The van der Waals surface area contributed by atoms with Gasteiger partial charge in [0, 0.05) is 5.69 Å². The van der Waals surface area contributed by atoms with E-state index in [0.717, 1.165) is 24.6 Å². The van der Waals surface area contributed by atoms with Crippen LogP contribution in [0, 0.1) is 31.6 Å². The molecule has 14 N–H and O–H groups in total. The quantitative estimate of drug-likeness (QED) is 0.0520. The smallest absolute Gasteiger partial charge is 0.387 e. The number of nitrogen functional groups attached to an aromatic ring is 2. The normalized spacial score (nSPS) is 30.5. The molecule has 0 radical (unpaired) electrons. The summed E-state index contributed by atoms with van der Waals surface area (Å²) in [5, 5.41) is 24.8. The highest BCUT2D eigenvalue weighted by atomic mass is 35.5. The molecule has 41 heteroatoms. The first kappa shape index (κ1) is 57.0. The maximum atomic E-state index is 12.3. The molecular formula is C24H35Cl2N7O26P6. The number of nitrogens with two attached hydrogens (primary N) is 2. The van der Waals surface area contributed by atoms with Gasteiger partial charge in [-0.15, -0.1) is 12.8 Å². The molecule has 0 amide bonds. The van der Waals surface area contributed by atoms with Crippen LogP contribution in [0.15, 0.2) is 21.9 Å². The van der Waals surface area contributed by atoms with Crippen LogP contribution in [0.2, 0.25) is 0 Å². The van der Waals surface area contributed by atoms with Crippen molar-refractivity contribution in [3.63, 3.8) is 0 Å². The Bertz CT molecular complexity index is 2640. The number of halogens is 2. The molecule has 0 aromatic carbocycles. The molecule has 2 fully saturated rings. The van der Waals surface area contributed by atoms with E-state index in [2.05, 4.69) is 47.3 Å². The lowest BCUT2D eigenvalue weighted by Crippen LogP contribution is -2.45. The third-order valence-electron chi connectivity index (χ3n) is 7.93. The molecular weight excluding hydrogens is 1060 g/mol. The van der Waals surface area contributed by atoms with Crippen molar-refractivity contribution < 1.29 is 113 Å². The van der Waals surface area contributed by atoms with Crippen molar-refractivity contribution in [1.82, 2.24) is 24.3 Å². The molecule has 2 saturated heterocycles. The Morgan fingerprint density at radius 2 is 1.09 bits per heavy atom. The van der Waals surface area contributed by atoms with Crippen LogP contribution in [0.25, 0.3) is 0 Å². The number of terminal acetylenes is 2. The minimum Gasteiger partial charge on any atom is -0.387 e. The molecule has 0 spiro atoms. The summed E-state index contributed by atoms with van der Waals surface area (Å²) in [6, 6.07) is 1.29. The lowest BCUT2D eigenvalue weighted by molar-refractivity contribution is -0.0785. The molecule has 366 valence electrons. The average Bonchev–Trinajstić information content (AvgIpc) is 3.50. The molecule has 2 aliphatic rings. The van der Waals surface area contributed by atoms with Gasteiger partial charge in [0.05, 0.1) is 18.4 Å². The lowest BCUT2D eigenvalue weighted by Gasteiger charge is -2.27. The molecule has 4 rings (SSSR count). The van der Waals surface area contributed by atoms with E-state index in [4.69, 9.17) is 76.6 Å². The zero-order chi connectivity index (χ0) is 50.3. The fraction of sp³-hybridized carbons (Fsp3) is 0.542. The van der Waals surface area contributed by atoms with Crippen molar-refractivity contribution >= 4 is 81.8 Å². The molecule has 0 aliphatic carbocycles. The topological polar surface area (TPSA) is 513 Å². The Morgan fingerprint density at radius 1 is 0.708 bits per heavy atom. The largest absolute Gasteiger partial charge is 0.490 e. The van der Waals surface area contributed by atoms with E-state index >= 15 is 0 Å². The number of aliphatic hydroxyl groups excluding tert-OH is 2. The Morgan fingerprint density at radius 3 is 1.46 bits per heavy atom. The van der Waals surface area contributed by atoms with E-state index < -0.39 is 117 Å². The van der Waals surface area contributed by atoms with Crippen LogP contribution in [-0.2, 0) is 63.2 Å². The zero-order valence-electron chi connectivity index (χ0n) is 32.3. The number of aryl methyl sites for hydroxylation is 1. The number of anilines is 2. The molecule has 0 bridgehead atoms. The van der Waals surface area contributed by atoms with E-state index in [-0.39, 0.29) is 17.3 Å². The summed E-state index contributed by atoms with van der Waals surface area (Å²) < 4.78 is 104. The van der Waals surface area contributed by atoms with Crippen LogP contribution in [0.1, 0.15) is 32.0 Å². The number of hydrogen-bond acceptors (Lipinski definition) is 23. The summed E-state index contributed by atoms with van der Waals surface area (Å²) in [4.78, 5) is 99.0. The lowest BCUT2D eigenvalue weighted by atomic mass is 9.97. The SMILES string of the molecule is C#CC1(Cl)[C@@H](O)[C@@H]([C@@H](C)OP(=O)(O)OP(=O)(O)OP(=O)(O)O)O[C@H]1n1c(C)cc(N)nc1=O.C#CC1(Cl)[C@@H](O)[C@@H]([C@@H](C)OP(=O)(O)OP(=O)(O)OP(=O)(O)O)O[C@H]1n1ncc(N)nc1=O. The highest BCUT2D eigenvalue weighted by molar-refractivity contribution is 7.67. The van der Waals surface area contributed by atoms with Gasteiger partial charge >= 0.3 is 58.3 Å². The Kier molecular flexibility index (Phi) is 17.8. The Balaban J connectivity index is 0.000000345. The van der Waals surface area contributed by atoms with Gasteiger partial charge in [-0.3, -0.25) is 13.6 Å². The molecule has 0 saturated carbocycles. The second-order valence-corrected chi connectivity index (χ2v) is 22.8. The van der Waals surface area contributed by atoms with Crippen molar-refractivity contribution in [2.45, 2.75) is 79.6 Å². The van der Waals surface area contributed by atoms with Crippen LogP contribution in [0.4, 0.5) is 11.6 Å². The number of phosphoric acid groups is 6. The first-order valence-corrected chi connectivity index (χ1v) is 26.2. The van der Waals surface area contributed by atoms with Gasteiger partial charge in [0.2, 0.25) is 0 Å². The van der Waals surface area contributed by atoms with Gasteiger partial charge in [-0.05, 0) is 26.8 Å². The molecule has 65 heavy (non-hydrogen) atoms. The summed E-state index contributed by atoms with van der Waals surface area (Å²) in [7, 11) is -33.9. The van der Waals surface area contributed by atoms with E-state index in [1.165, 1.54) is 13.0 Å². The van der Waals surface area contributed by atoms with Crippen LogP contribution in [0.3, 0.4) is 0 Å². The molecule has 4 heterocycles. The number of rotatable bonds is 16. The summed E-state index contributed by atoms with van der Waals surface area (Å²) in [6.07, 6.45) is -1.88. The Hall–Kier alpha value is -2.35. The maximum absolute atomic E-state index is 12.3. The van der Waals surface area contributed by atoms with Crippen molar-refractivity contribution in [2.75, 3.05) is 11.5 Å². The molecule has 2 aliphatic heterocycles. The van der Waals surface area contributed by atoms with Crippen LogP contribution >= 0.6 is 70.1 Å². The average molecular weight is 1090 g/mol. The maximum Gasteiger partial charge on any atom is 0.490 e. The van der Waals surface area contributed by atoms with Gasteiger partial charge in [-0.1, -0.05) is 35.0 Å². The second kappa shape index (κ2) is 20.3. The third kappa shape index (κ3) is 14.6. The number of ether oxygens (including phenoxy) is 2. The summed E-state index contributed by atoms with van der Waals surface area (Å²) in [5.41, 5.74) is 9.03. The first-order valence-electron chi connectivity index (χ1n) is 16.4. The predicted molar refractivity (Wildman–Crippen MR) is 212 cm³/mol. The monoisotopic (exact) mass is 1090 g/mol. The standard InChI is InChI=1S/C13H19ClN3O13P3.C11H16ClN4O13P3/c1-4-13(14)10(18)9(27-11(13)17-6(2)5-8(15)16-12(17)19)7(3)28-32(23,24)30-33(25,26)29-31(20,21)22;1-3-11(12)8(17)7(26-9(11)16-10(18)15-6(13)4-14-16)5(2)27-31(22,23)29-32(24,25)28-30(19,20)21/h1,5,7,9-11,18H,2-3H3,(H,23,24)(H,25,26)(H2,15,16,19)(H2,20,21,22);1,4-5,7-9,17H,2H3,(H,22,23)(H,24,25)(H2,13,15,18)(H2,19,20,21)/t7-,9-,10+,11-,13?;5-,7-,8+,9-,11?/m11/s1. The van der Waals surface area contributed by atoms with Crippen LogP contribution in [0.5, 0.6) is 0 Å². The van der Waals surface area contributed by atoms with Gasteiger partial charge < -0.3 is 70.3 Å². The first-order chi connectivity index (χ1) is 29.2. The van der Waals surface area contributed by atoms with E-state index in [1.807, 2.05) is 5.92 Å². The second-order valence-electron chi connectivity index (χ2n) is 12.8. The van der Waals surface area contributed by atoms with Crippen molar-refractivity contribution in [3.8, 4) is 24.7 Å². The van der Waals surface area contributed by atoms with E-state index in [1.54, 1.807) is 0 Å². The van der Waals surface area contributed by atoms with Crippen LogP contribution in [-0.4, -0.2) is 120 Å². The third-order valence-corrected chi connectivity index (χ3v) is 16.8. The van der Waals surface area contributed by atoms with Gasteiger partial charge in [0.1, 0.15) is 36.1 Å². The van der Waals surface area contributed by atoms with Crippen molar-refractivity contribution in [1.29, 1.82) is 0 Å². The number of hydrogen-bond donors (Lipinski definition) is 12. The minimum absolute atomic E-state index is 0.120. The fourth-order valence-corrected chi connectivity index (χ4v) is 12.5. The number of phosphoric ester groups is 2. The summed E-state index contributed by atoms with van der Waals surface area (Å²) >= 11 is 12.6. The predicted octanol–water partition coefficient (Wildman–Crippen LogP) is -1.44. The van der Waals surface area contributed by atoms with Crippen molar-refractivity contribution in [3.05, 3.63) is 38.9 Å². The highest BCUT2D eigenvalue weighted by Crippen LogP contribution is 2.68. The van der Waals surface area contributed by atoms with Gasteiger partial charge in [0.25, 0.3) is 0 Å². The summed E-state index contributed by atoms with van der Waals surface area (Å²) in [5.74, 6) is 3.73.